The molecule has 0 aliphatic rings. The third-order valence-electron chi connectivity index (χ3n) is 4.03. The van der Waals surface area contributed by atoms with Crippen molar-refractivity contribution < 1.29 is 23.0 Å². The van der Waals surface area contributed by atoms with Crippen molar-refractivity contribution in [2.75, 3.05) is 14.2 Å². The zero-order chi connectivity index (χ0) is 19.3. The summed E-state index contributed by atoms with van der Waals surface area (Å²) in [5, 5.41) is 5.41. The summed E-state index contributed by atoms with van der Waals surface area (Å²) >= 11 is 0. The molecule has 140 valence electrons. The number of ether oxygens (including phenoxy) is 2. The zero-order valence-electron chi connectivity index (χ0n) is 15.1. The Morgan fingerprint density at radius 2 is 1.58 bits per heavy atom. The summed E-state index contributed by atoms with van der Waals surface area (Å²) in [6, 6.07) is 7.19. The van der Waals surface area contributed by atoms with Crippen LogP contribution in [-0.2, 0) is 0 Å². The first kappa shape index (κ1) is 19.5. The lowest BCUT2D eigenvalue weighted by atomic mass is 10.1. The maximum Gasteiger partial charge on any atom is 0.315 e. The van der Waals surface area contributed by atoms with Gasteiger partial charge >= 0.3 is 6.03 Å². The second-order valence-electron chi connectivity index (χ2n) is 5.84. The SMILES string of the molecule is COc1ccc(C(C)NC(=O)NC(C)c2ccc(F)cc2F)cc1OC. The Balaban J connectivity index is 2.02. The Kier molecular flexibility index (Phi) is 6.38. The van der Waals surface area contributed by atoms with Gasteiger partial charge in [-0.2, -0.15) is 0 Å². The number of carbonyl (C=O) groups excluding carboxylic acids is 1. The van der Waals surface area contributed by atoms with Gasteiger partial charge in [-0.25, -0.2) is 13.6 Å². The summed E-state index contributed by atoms with van der Waals surface area (Å²) in [5.74, 6) is -0.218. The van der Waals surface area contributed by atoms with Gasteiger partial charge in [-0.3, -0.25) is 0 Å². The molecule has 2 aromatic carbocycles. The van der Waals surface area contributed by atoms with Gasteiger partial charge in [-0.15, -0.1) is 0 Å². The van der Waals surface area contributed by atoms with Crippen LogP contribution in [0.25, 0.3) is 0 Å². The molecule has 2 N–H and O–H groups in total. The summed E-state index contributed by atoms with van der Waals surface area (Å²) in [7, 11) is 3.08. The van der Waals surface area contributed by atoms with E-state index in [4.69, 9.17) is 9.47 Å². The molecule has 2 rings (SSSR count). The smallest absolute Gasteiger partial charge is 0.315 e. The van der Waals surface area contributed by atoms with Gasteiger partial charge in [-0.1, -0.05) is 12.1 Å². The number of hydrogen-bond acceptors (Lipinski definition) is 3. The normalized spacial score (nSPS) is 12.8. The topological polar surface area (TPSA) is 59.6 Å². The van der Waals surface area contributed by atoms with Crippen LogP contribution in [0.2, 0.25) is 0 Å². The second kappa shape index (κ2) is 8.51. The summed E-state index contributed by atoms with van der Waals surface area (Å²) < 4.78 is 37.2. The first-order chi connectivity index (χ1) is 12.3. The highest BCUT2D eigenvalue weighted by atomic mass is 19.1. The molecule has 0 heterocycles. The third kappa shape index (κ3) is 4.62. The molecule has 2 aromatic rings. The number of benzene rings is 2. The second-order valence-corrected chi connectivity index (χ2v) is 5.84. The molecule has 0 bridgehead atoms. The van der Waals surface area contributed by atoms with Crippen molar-refractivity contribution in [2.45, 2.75) is 25.9 Å². The monoisotopic (exact) mass is 364 g/mol. The molecule has 2 amide bonds. The fraction of sp³-hybridized carbons (Fsp3) is 0.316. The van der Waals surface area contributed by atoms with E-state index in [1.807, 2.05) is 13.0 Å². The van der Waals surface area contributed by atoms with E-state index in [0.717, 1.165) is 17.7 Å². The lowest BCUT2D eigenvalue weighted by molar-refractivity contribution is 0.234. The van der Waals surface area contributed by atoms with Gasteiger partial charge < -0.3 is 20.1 Å². The van der Waals surface area contributed by atoms with Gasteiger partial charge in [0, 0.05) is 11.6 Å². The molecule has 7 heteroatoms. The number of hydrogen-bond donors (Lipinski definition) is 2. The van der Waals surface area contributed by atoms with Crippen LogP contribution in [0, 0.1) is 11.6 Å². The van der Waals surface area contributed by atoms with E-state index in [0.29, 0.717) is 11.5 Å². The van der Waals surface area contributed by atoms with Crippen LogP contribution in [0.3, 0.4) is 0 Å². The molecule has 0 saturated carbocycles. The molecule has 0 saturated heterocycles. The van der Waals surface area contributed by atoms with Gasteiger partial charge in [0.25, 0.3) is 0 Å². The molecular formula is C19H22F2N2O3. The summed E-state index contributed by atoms with van der Waals surface area (Å²) in [6.45, 7) is 3.43. The number of nitrogens with one attached hydrogen (secondary N) is 2. The molecule has 0 radical (unpaired) electrons. The van der Waals surface area contributed by atoms with E-state index in [-0.39, 0.29) is 11.6 Å². The number of amides is 2. The zero-order valence-corrected chi connectivity index (χ0v) is 15.1. The maximum absolute atomic E-state index is 13.8. The number of methoxy groups -OCH3 is 2. The van der Waals surface area contributed by atoms with Crippen LogP contribution < -0.4 is 20.1 Å². The lowest BCUT2D eigenvalue weighted by Crippen LogP contribution is -2.38. The first-order valence-corrected chi connectivity index (χ1v) is 8.09. The minimum Gasteiger partial charge on any atom is -0.493 e. The van der Waals surface area contributed by atoms with Crippen molar-refractivity contribution in [1.29, 1.82) is 0 Å². The fourth-order valence-electron chi connectivity index (χ4n) is 2.57. The molecule has 0 aliphatic carbocycles. The van der Waals surface area contributed by atoms with Gasteiger partial charge in [0.1, 0.15) is 11.6 Å². The van der Waals surface area contributed by atoms with Crippen molar-refractivity contribution in [1.82, 2.24) is 10.6 Å². The highest BCUT2D eigenvalue weighted by molar-refractivity contribution is 5.75. The predicted molar refractivity (Wildman–Crippen MR) is 94.4 cm³/mol. The van der Waals surface area contributed by atoms with E-state index in [1.165, 1.54) is 13.2 Å². The van der Waals surface area contributed by atoms with Gasteiger partial charge in [0.15, 0.2) is 11.5 Å². The van der Waals surface area contributed by atoms with Gasteiger partial charge in [-0.05, 0) is 37.6 Å². The fourth-order valence-corrected chi connectivity index (χ4v) is 2.57. The molecule has 0 aromatic heterocycles. The molecule has 0 spiro atoms. The highest BCUT2D eigenvalue weighted by Gasteiger charge is 2.17. The van der Waals surface area contributed by atoms with Crippen molar-refractivity contribution in [2.24, 2.45) is 0 Å². The van der Waals surface area contributed by atoms with Gasteiger partial charge in [0.05, 0.1) is 26.3 Å². The Morgan fingerprint density at radius 1 is 0.923 bits per heavy atom. The minimum absolute atomic E-state index is 0.209. The summed E-state index contributed by atoms with van der Waals surface area (Å²) in [5.41, 5.74) is 1.03. The van der Waals surface area contributed by atoms with Crippen molar-refractivity contribution in [3.63, 3.8) is 0 Å². The van der Waals surface area contributed by atoms with Crippen molar-refractivity contribution >= 4 is 6.03 Å². The van der Waals surface area contributed by atoms with Crippen LogP contribution in [0.4, 0.5) is 13.6 Å². The molecule has 2 unspecified atom stereocenters. The average molecular weight is 364 g/mol. The van der Waals surface area contributed by atoms with E-state index < -0.39 is 23.7 Å². The van der Waals surface area contributed by atoms with Crippen LogP contribution in [-0.4, -0.2) is 20.3 Å². The van der Waals surface area contributed by atoms with Gasteiger partial charge in [0.2, 0.25) is 0 Å². The van der Waals surface area contributed by atoms with Crippen molar-refractivity contribution in [3.05, 3.63) is 59.2 Å². The Labute approximate surface area is 151 Å². The van der Waals surface area contributed by atoms with E-state index >= 15 is 0 Å². The Morgan fingerprint density at radius 3 is 2.19 bits per heavy atom. The Bertz CT molecular complexity index is 783. The maximum atomic E-state index is 13.8. The molecule has 5 nitrogen and oxygen atoms in total. The molecule has 26 heavy (non-hydrogen) atoms. The molecule has 0 aliphatic heterocycles. The first-order valence-electron chi connectivity index (χ1n) is 8.09. The van der Waals surface area contributed by atoms with E-state index in [9.17, 15) is 13.6 Å². The standard InChI is InChI=1S/C19H22F2N2O3/c1-11(13-5-8-17(25-3)18(9-13)26-4)22-19(24)23-12(2)15-7-6-14(20)10-16(15)21/h5-12H,1-4H3,(H2,22,23,24). The number of urea groups is 1. The minimum atomic E-state index is -0.703. The quantitative estimate of drug-likeness (QED) is 0.811. The largest absolute Gasteiger partial charge is 0.493 e. The number of carbonyl (C=O) groups is 1. The molecule has 0 fully saturated rings. The third-order valence-corrected chi connectivity index (χ3v) is 4.03. The van der Waals surface area contributed by atoms with Crippen LogP contribution in [0.1, 0.15) is 37.1 Å². The predicted octanol–water partition coefficient (Wildman–Crippen LogP) is 4.10. The van der Waals surface area contributed by atoms with E-state index in [2.05, 4.69) is 10.6 Å². The number of rotatable bonds is 6. The summed E-state index contributed by atoms with van der Waals surface area (Å²) in [6.07, 6.45) is 0. The summed E-state index contributed by atoms with van der Waals surface area (Å²) in [4.78, 5) is 12.2. The Hall–Kier alpha value is -2.83. The van der Waals surface area contributed by atoms with Crippen LogP contribution in [0.15, 0.2) is 36.4 Å². The van der Waals surface area contributed by atoms with E-state index in [1.54, 1.807) is 26.2 Å². The molecular weight excluding hydrogens is 342 g/mol. The number of halogens is 2. The molecule has 2 atom stereocenters. The van der Waals surface area contributed by atoms with Crippen LogP contribution >= 0.6 is 0 Å². The average Bonchev–Trinajstić information content (AvgIpc) is 2.60. The highest BCUT2D eigenvalue weighted by Crippen LogP contribution is 2.29. The van der Waals surface area contributed by atoms with Crippen molar-refractivity contribution in [3.8, 4) is 11.5 Å². The van der Waals surface area contributed by atoms with Crippen LogP contribution in [0.5, 0.6) is 11.5 Å². The lowest BCUT2D eigenvalue weighted by Gasteiger charge is -2.20.